The molecule has 0 radical (unpaired) electrons. The highest BCUT2D eigenvalue weighted by Gasteiger charge is 2.26. The highest BCUT2D eigenvalue weighted by Crippen LogP contribution is 2.29. The molecular weight excluding hydrogens is 228 g/mol. The number of rotatable bonds is 3. The zero-order chi connectivity index (χ0) is 11.3. The van der Waals surface area contributed by atoms with Crippen molar-refractivity contribution in [1.29, 1.82) is 0 Å². The Balaban J connectivity index is 2.42. The first-order valence-electron chi connectivity index (χ1n) is 4.10. The largest absolute Gasteiger partial charge is 0.442 e. The van der Waals surface area contributed by atoms with Crippen molar-refractivity contribution in [2.45, 2.75) is 5.51 Å². The summed E-state index contributed by atoms with van der Waals surface area (Å²) in [5.41, 5.74) is -3.52. The van der Waals surface area contributed by atoms with Crippen LogP contribution in [0, 0.1) is 5.82 Å². The number of hydrogen-bond acceptors (Lipinski definition) is 1. The molecule has 0 spiro atoms. The van der Waals surface area contributed by atoms with E-state index in [0.29, 0.717) is 5.56 Å². The average Bonchev–Trinajstić information content (AvgIpc) is 2.14. The van der Waals surface area contributed by atoms with E-state index in [1.807, 2.05) is 0 Å². The third-order valence-electron chi connectivity index (χ3n) is 1.52. The molecule has 1 aromatic carbocycles. The monoisotopic (exact) mass is 236 g/mol. The molecule has 0 bridgehead atoms. The second-order valence-corrected chi connectivity index (χ2v) is 3.80. The van der Waals surface area contributed by atoms with Gasteiger partial charge in [-0.1, -0.05) is 24.3 Å². The fourth-order valence-electron chi connectivity index (χ4n) is 0.901. The normalized spacial score (nSPS) is 12.3. The van der Waals surface area contributed by atoms with Gasteiger partial charge in [0.05, 0.1) is 0 Å². The minimum absolute atomic E-state index is 0.105. The summed E-state index contributed by atoms with van der Waals surface area (Å²) in [6.45, 7) is 0. The van der Waals surface area contributed by atoms with E-state index in [-0.39, 0.29) is 23.3 Å². The van der Waals surface area contributed by atoms with Gasteiger partial charge in [-0.3, -0.25) is 0 Å². The first kappa shape index (κ1) is 12.1. The SMILES string of the molecule is Fc1ccc(/C=C/CSC(F)(F)F)cc1. The van der Waals surface area contributed by atoms with Crippen molar-refractivity contribution in [3.05, 3.63) is 41.7 Å². The lowest BCUT2D eigenvalue weighted by Gasteiger charge is -2.01. The van der Waals surface area contributed by atoms with Gasteiger partial charge in [-0.25, -0.2) is 4.39 Å². The van der Waals surface area contributed by atoms with Crippen LogP contribution in [0.15, 0.2) is 30.3 Å². The minimum Gasteiger partial charge on any atom is -0.207 e. The van der Waals surface area contributed by atoms with E-state index >= 15 is 0 Å². The van der Waals surface area contributed by atoms with Gasteiger partial charge in [0.15, 0.2) is 0 Å². The van der Waals surface area contributed by atoms with Gasteiger partial charge in [0.1, 0.15) is 5.82 Å². The van der Waals surface area contributed by atoms with Gasteiger partial charge in [0, 0.05) is 5.75 Å². The molecule has 0 fully saturated rings. The van der Waals surface area contributed by atoms with Crippen molar-refractivity contribution in [2.24, 2.45) is 0 Å². The van der Waals surface area contributed by atoms with Crippen LogP contribution < -0.4 is 0 Å². The summed E-state index contributed by atoms with van der Waals surface area (Å²) in [5, 5.41) is 0. The van der Waals surface area contributed by atoms with E-state index < -0.39 is 5.51 Å². The smallest absolute Gasteiger partial charge is 0.207 e. The van der Waals surface area contributed by atoms with E-state index in [1.165, 1.54) is 36.4 Å². The van der Waals surface area contributed by atoms with Crippen LogP contribution in [-0.2, 0) is 0 Å². The van der Waals surface area contributed by atoms with Gasteiger partial charge in [0.2, 0.25) is 0 Å². The summed E-state index contributed by atoms with van der Waals surface area (Å²) in [6, 6.07) is 5.53. The predicted molar refractivity (Wildman–Crippen MR) is 53.9 cm³/mol. The summed E-state index contributed by atoms with van der Waals surface area (Å²) >= 11 is -0.105. The second kappa shape index (κ2) is 5.21. The lowest BCUT2D eigenvalue weighted by molar-refractivity contribution is -0.0326. The van der Waals surface area contributed by atoms with Crippen molar-refractivity contribution in [1.82, 2.24) is 0 Å². The number of hydrogen-bond donors (Lipinski definition) is 0. The zero-order valence-corrected chi connectivity index (χ0v) is 8.41. The Hall–Kier alpha value is -0.970. The Bertz CT molecular complexity index is 326. The van der Waals surface area contributed by atoms with Gasteiger partial charge in [-0.15, -0.1) is 0 Å². The molecule has 5 heteroatoms. The Kier molecular flexibility index (Phi) is 4.20. The van der Waals surface area contributed by atoms with Crippen LogP contribution >= 0.6 is 11.8 Å². The van der Waals surface area contributed by atoms with Gasteiger partial charge in [0.25, 0.3) is 0 Å². The van der Waals surface area contributed by atoms with Gasteiger partial charge >= 0.3 is 5.51 Å². The third-order valence-corrected chi connectivity index (χ3v) is 2.21. The molecule has 0 amide bonds. The molecule has 0 aliphatic rings. The molecule has 82 valence electrons. The maximum Gasteiger partial charge on any atom is 0.442 e. The summed E-state index contributed by atoms with van der Waals surface area (Å²) in [4.78, 5) is 0. The molecule has 0 N–H and O–H groups in total. The molecule has 15 heavy (non-hydrogen) atoms. The summed E-state index contributed by atoms with van der Waals surface area (Å²) < 4.78 is 47.6. The first-order chi connectivity index (χ1) is 6.97. The van der Waals surface area contributed by atoms with Gasteiger partial charge in [-0.05, 0) is 29.5 Å². The Morgan fingerprint density at radius 1 is 1.13 bits per heavy atom. The van der Waals surface area contributed by atoms with Crippen molar-refractivity contribution >= 4 is 17.8 Å². The fourth-order valence-corrected chi connectivity index (χ4v) is 1.28. The van der Waals surface area contributed by atoms with Crippen LogP contribution in [0.1, 0.15) is 5.56 Å². The van der Waals surface area contributed by atoms with Gasteiger partial charge < -0.3 is 0 Å². The molecule has 0 unspecified atom stereocenters. The average molecular weight is 236 g/mol. The Morgan fingerprint density at radius 2 is 1.73 bits per heavy atom. The van der Waals surface area contributed by atoms with E-state index in [4.69, 9.17) is 0 Å². The first-order valence-corrected chi connectivity index (χ1v) is 5.09. The Morgan fingerprint density at radius 3 is 2.27 bits per heavy atom. The molecule has 1 aromatic rings. The van der Waals surface area contributed by atoms with Crippen molar-refractivity contribution in [3.8, 4) is 0 Å². The van der Waals surface area contributed by atoms with Crippen molar-refractivity contribution in [2.75, 3.05) is 5.75 Å². The number of thioether (sulfide) groups is 1. The second-order valence-electron chi connectivity index (χ2n) is 2.71. The van der Waals surface area contributed by atoms with E-state index in [9.17, 15) is 17.6 Å². The molecule has 1 rings (SSSR count). The molecule has 0 nitrogen and oxygen atoms in total. The van der Waals surface area contributed by atoms with E-state index in [0.717, 1.165) is 0 Å². The summed E-state index contributed by atoms with van der Waals surface area (Å²) in [7, 11) is 0. The maximum atomic E-state index is 12.5. The Labute approximate surface area is 89.0 Å². The highest BCUT2D eigenvalue weighted by atomic mass is 32.2. The van der Waals surface area contributed by atoms with Gasteiger partial charge in [-0.2, -0.15) is 13.2 Å². The molecule has 0 heterocycles. The van der Waals surface area contributed by atoms with Crippen LogP contribution in [0.4, 0.5) is 17.6 Å². The van der Waals surface area contributed by atoms with E-state index in [2.05, 4.69) is 0 Å². The standard InChI is InChI=1S/C10H8F4S/c11-9-5-3-8(4-6-9)2-1-7-15-10(12,13)14/h1-6H,7H2/b2-1+. The topological polar surface area (TPSA) is 0 Å². The number of halogens is 4. The lowest BCUT2D eigenvalue weighted by atomic mass is 10.2. The molecule has 0 saturated carbocycles. The summed E-state index contributed by atoms with van der Waals surface area (Å²) in [6.07, 6.45) is 2.92. The molecular formula is C10H8F4S. The minimum atomic E-state index is -4.20. The van der Waals surface area contributed by atoms with Crippen molar-refractivity contribution in [3.63, 3.8) is 0 Å². The van der Waals surface area contributed by atoms with Crippen LogP contribution in [0.3, 0.4) is 0 Å². The maximum absolute atomic E-state index is 12.5. The molecule has 0 saturated heterocycles. The third kappa shape index (κ3) is 5.47. The lowest BCUT2D eigenvalue weighted by Crippen LogP contribution is -1.99. The van der Waals surface area contributed by atoms with Crippen LogP contribution in [0.5, 0.6) is 0 Å². The molecule has 0 atom stereocenters. The fraction of sp³-hybridized carbons (Fsp3) is 0.200. The van der Waals surface area contributed by atoms with Crippen LogP contribution in [-0.4, -0.2) is 11.3 Å². The highest BCUT2D eigenvalue weighted by molar-refractivity contribution is 8.00. The molecule has 0 aromatic heterocycles. The zero-order valence-electron chi connectivity index (χ0n) is 7.59. The molecule has 0 aliphatic carbocycles. The summed E-state index contributed by atoms with van der Waals surface area (Å²) in [5.74, 6) is -0.502. The van der Waals surface area contributed by atoms with E-state index in [1.54, 1.807) is 0 Å². The van der Waals surface area contributed by atoms with Crippen molar-refractivity contribution < 1.29 is 17.6 Å². The van der Waals surface area contributed by atoms with Crippen LogP contribution in [0.25, 0.3) is 6.08 Å². The molecule has 0 aliphatic heterocycles. The number of benzene rings is 1. The predicted octanol–water partition coefficient (Wildman–Crippen LogP) is 4.09. The number of alkyl halides is 3. The quantitative estimate of drug-likeness (QED) is 0.712. The van der Waals surface area contributed by atoms with Crippen LogP contribution in [0.2, 0.25) is 0 Å².